The predicted octanol–water partition coefficient (Wildman–Crippen LogP) is 1.95. The van der Waals surface area contributed by atoms with Crippen molar-refractivity contribution < 1.29 is 4.74 Å². The van der Waals surface area contributed by atoms with Gasteiger partial charge in [-0.1, -0.05) is 13.8 Å². The lowest BCUT2D eigenvalue weighted by molar-refractivity contribution is 0.418. The number of aromatic nitrogens is 5. The van der Waals surface area contributed by atoms with E-state index in [0.29, 0.717) is 5.88 Å². The molecule has 0 saturated carbocycles. The maximum Gasteiger partial charge on any atom is 0.342 e. The molecule has 1 N–H and O–H groups in total. The van der Waals surface area contributed by atoms with Crippen molar-refractivity contribution in [1.29, 1.82) is 0 Å². The Bertz CT molecular complexity index is 551. The lowest BCUT2D eigenvalue weighted by atomic mass is 10.2. The molecule has 0 aromatic carbocycles. The smallest absolute Gasteiger partial charge is 0.342 e. The minimum Gasteiger partial charge on any atom is -0.404 e. The molecule has 0 atom stereocenters. The van der Waals surface area contributed by atoms with E-state index in [9.17, 15) is 0 Å². The van der Waals surface area contributed by atoms with Gasteiger partial charge in [0.2, 0.25) is 5.88 Å². The molecule has 2 aromatic heterocycles. The van der Waals surface area contributed by atoms with Gasteiger partial charge < -0.3 is 10.1 Å². The third-order valence-electron chi connectivity index (χ3n) is 2.37. The van der Waals surface area contributed by atoms with Gasteiger partial charge in [0.15, 0.2) is 0 Å². The van der Waals surface area contributed by atoms with Crippen LogP contribution in [0.5, 0.6) is 11.9 Å². The Balaban J connectivity index is 2.27. The van der Waals surface area contributed by atoms with Crippen LogP contribution in [-0.4, -0.2) is 31.3 Å². The van der Waals surface area contributed by atoms with Crippen LogP contribution < -0.4 is 10.1 Å². The fourth-order valence-electron chi connectivity index (χ4n) is 1.48. The zero-order chi connectivity index (χ0) is 13.8. The summed E-state index contributed by atoms with van der Waals surface area (Å²) in [7, 11) is 1.78. The van der Waals surface area contributed by atoms with Crippen LogP contribution in [0.2, 0.25) is 0 Å². The first kappa shape index (κ1) is 13.3. The van der Waals surface area contributed by atoms with Crippen LogP contribution in [0.1, 0.15) is 32.5 Å². The highest BCUT2D eigenvalue weighted by molar-refractivity contribution is 5.39. The van der Waals surface area contributed by atoms with E-state index in [2.05, 4.69) is 25.4 Å². The fourth-order valence-corrected chi connectivity index (χ4v) is 1.48. The predicted molar refractivity (Wildman–Crippen MR) is 71.4 cm³/mol. The Morgan fingerprint density at radius 3 is 2.74 bits per heavy atom. The Morgan fingerprint density at radius 2 is 2.16 bits per heavy atom. The number of ether oxygens (including phenoxy) is 1. The molecule has 0 spiro atoms. The number of rotatable bonds is 5. The van der Waals surface area contributed by atoms with Crippen LogP contribution >= 0.6 is 0 Å². The first-order chi connectivity index (χ1) is 9.08. The van der Waals surface area contributed by atoms with Crippen LogP contribution in [0, 0.1) is 0 Å². The largest absolute Gasteiger partial charge is 0.404 e. The fraction of sp³-hybridized carbons (Fsp3) is 0.500. The summed E-state index contributed by atoms with van der Waals surface area (Å²) in [6.45, 7) is 6.87. The Morgan fingerprint density at radius 1 is 1.37 bits per heavy atom. The summed E-state index contributed by atoms with van der Waals surface area (Å²) < 4.78 is 7.12. The molecule has 0 unspecified atom stereocenters. The Labute approximate surface area is 112 Å². The van der Waals surface area contributed by atoms with Gasteiger partial charge in [0.1, 0.15) is 18.0 Å². The third-order valence-corrected chi connectivity index (χ3v) is 2.37. The van der Waals surface area contributed by atoms with Crippen LogP contribution in [0.4, 0.5) is 5.82 Å². The molecule has 0 aliphatic heterocycles. The van der Waals surface area contributed by atoms with E-state index in [0.717, 1.165) is 18.2 Å². The average Bonchev–Trinajstić information content (AvgIpc) is 2.75. The van der Waals surface area contributed by atoms with E-state index in [1.165, 1.54) is 0 Å². The summed E-state index contributed by atoms with van der Waals surface area (Å²) in [5.41, 5.74) is 0. The molecule has 7 heteroatoms. The SMILES string of the molecule is CCNc1cc(Oc2ncn(C)n2)nc(C(C)C)n1. The second kappa shape index (κ2) is 5.64. The van der Waals surface area contributed by atoms with E-state index in [-0.39, 0.29) is 11.9 Å². The zero-order valence-corrected chi connectivity index (χ0v) is 11.6. The van der Waals surface area contributed by atoms with Crippen molar-refractivity contribution in [3.63, 3.8) is 0 Å². The second-order valence-electron chi connectivity index (χ2n) is 4.44. The molecule has 102 valence electrons. The number of nitrogens with one attached hydrogen (secondary N) is 1. The molecule has 0 aliphatic carbocycles. The highest BCUT2D eigenvalue weighted by Crippen LogP contribution is 2.21. The van der Waals surface area contributed by atoms with E-state index in [1.807, 2.05) is 20.8 Å². The molecule has 7 nitrogen and oxygen atoms in total. The minimum absolute atomic E-state index is 0.220. The lowest BCUT2D eigenvalue weighted by Gasteiger charge is -2.10. The van der Waals surface area contributed by atoms with Crippen molar-refractivity contribution in [2.75, 3.05) is 11.9 Å². The number of anilines is 1. The first-order valence-electron chi connectivity index (χ1n) is 6.24. The molecule has 0 radical (unpaired) electrons. The summed E-state index contributed by atoms with van der Waals surface area (Å²) in [4.78, 5) is 12.8. The second-order valence-corrected chi connectivity index (χ2v) is 4.44. The molecule has 0 amide bonds. The van der Waals surface area contributed by atoms with Crippen molar-refractivity contribution in [2.24, 2.45) is 7.05 Å². The van der Waals surface area contributed by atoms with Gasteiger partial charge in [-0.2, -0.15) is 9.97 Å². The van der Waals surface area contributed by atoms with Gasteiger partial charge in [0.05, 0.1) is 0 Å². The van der Waals surface area contributed by atoms with Gasteiger partial charge in [-0.05, 0) is 6.92 Å². The van der Waals surface area contributed by atoms with Crippen molar-refractivity contribution in [2.45, 2.75) is 26.7 Å². The number of hydrogen-bond donors (Lipinski definition) is 1. The summed E-state index contributed by atoms with van der Waals surface area (Å²) in [6.07, 6.45) is 1.57. The van der Waals surface area contributed by atoms with Gasteiger partial charge in [0, 0.05) is 25.6 Å². The molecular weight excluding hydrogens is 244 g/mol. The van der Waals surface area contributed by atoms with Gasteiger partial charge in [-0.15, -0.1) is 5.10 Å². The van der Waals surface area contributed by atoms with Crippen molar-refractivity contribution in [1.82, 2.24) is 24.7 Å². The van der Waals surface area contributed by atoms with E-state index in [1.54, 1.807) is 24.1 Å². The summed E-state index contributed by atoms with van der Waals surface area (Å²) >= 11 is 0. The highest BCUT2D eigenvalue weighted by Gasteiger charge is 2.10. The number of aryl methyl sites for hydroxylation is 1. The topological polar surface area (TPSA) is 77.8 Å². The van der Waals surface area contributed by atoms with E-state index >= 15 is 0 Å². The van der Waals surface area contributed by atoms with Crippen LogP contribution in [0.25, 0.3) is 0 Å². The number of hydrogen-bond acceptors (Lipinski definition) is 6. The van der Waals surface area contributed by atoms with Gasteiger partial charge >= 0.3 is 6.01 Å². The van der Waals surface area contributed by atoms with Gasteiger partial charge in [-0.3, -0.25) is 4.68 Å². The monoisotopic (exact) mass is 262 g/mol. The molecular formula is C12H18N6O. The van der Waals surface area contributed by atoms with E-state index in [4.69, 9.17) is 4.74 Å². The van der Waals surface area contributed by atoms with Crippen molar-refractivity contribution in [3.05, 3.63) is 18.2 Å². The molecule has 0 bridgehead atoms. The van der Waals surface area contributed by atoms with Crippen molar-refractivity contribution in [3.8, 4) is 11.9 Å². The van der Waals surface area contributed by atoms with Gasteiger partial charge in [0.25, 0.3) is 0 Å². The third kappa shape index (κ3) is 3.40. The zero-order valence-electron chi connectivity index (χ0n) is 11.6. The Kier molecular flexibility index (Phi) is 3.94. The standard InChI is InChI=1S/C12H18N6O/c1-5-13-9-6-10(16-11(15-9)8(2)3)19-12-14-7-18(4)17-12/h6-8H,5H2,1-4H3,(H,13,15,16). The lowest BCUT2D eigenvalue weighted by Crippen LogP contribution is -2.06. The normalized spacial score (nSPS) is 10.8. The summed E-state index contributed by atoms with van der Waals surface area (Å²) in [6, 6.07) is 2.02. The molecule has 2 aromatic rings. The molecule has 2 heterocycles. The molecule has 0 fully saturated rings. The van der Waals surface area contributed by atoms with Crippen LogP contribution in [0.15, 0.2) is 12.4 Å². The van der Waals surface area contributed by atoms with Crippen molar-refractivity contribution >= 4 is 5.82 Å². The molecule has 2 rings (SSSR count). The quantitative estimate of drug-likeness (QED) is 0.887. The maximum absolute atomic E-state index is 5.54. The maximum atomic E-state index is 5.54. The average molecular weight is 262 g/mol. The number of nitrogens with zero attached hydrogens (tertiary/aromatic N) is 5. The van der Waals surface area contributed by atoms with Crippen LogP contribution in [-0.2, 0) is 7.05 Å². The molecule has 0 saturated heterocycles. The molecule has 0 aliphatic rings. The highest BCUT2D eigenvalue weighted by atomic mass is 16.5. The summed E-state index contributed by atoms with van der Waals surface area (Å²) in [5.74, 6) is 2.13. The van der Waals surface area contributed by atoms with Crippen LogP contribution in [0.3, 0.4) is 0 Å². The first-order valence-corrected chi connectivity index (χ1v) is 6.24. The summed E-state index contributed by atoms with van der Waals surface area (Å²) in [5, 5.41) is 7.22. The minimum atomic E-state index is 0.220. The van der Waals surface area contributed by atoms with E-state index < -0.39 is 0 Å². The van der Waals surface area contributed by atoms with Gasteiger partial charge in [-0.25, -0.2) is 4.98 Å². The Hall–Kier alpha value is -2.18. The molecule has 19 heavy (non-hydrogen) atoms.